The van der Waals surface area contributed by atoms with Gasteiger partial charge in [0, 0.05) is 6.42 Å². The van der Waals surface area contributed by atoms with E-state index in [4.69, 9.17) is 4.74 Å². The smallest absolute Gasteiger partial charge is 0.311 e. The van der Waals surface area contributed by atoms with E-state index < -0.39 is 0 Å². The average Bonchev–Trinajstić information content (AvgIpc) is 2.75. The summed E-state index contributed by atoms with van der Waals surface area (Å²) in [6, 6.07) is 12.0. The lowest BCUT2D eigenvalue weighted by atomic mass is 9.78. The highest BCUT2D eigenvalue weighted by molar-refractivity contribution is 5.72. The molecule has 1 N–H and O–H groups in total. The molecule has 188 valence electrons. The summed E-state index contributed by atoms with van der Waals surface area (Å²) in [6.07, 6.45) is 9.73. The van der Waals surface area contributed by atoms with E-state index in [9.17, 15) is 9.90 Å². The number of ether oxygens (including phenoxy) is 1. The fraction of sp³-hybridized carbons (Fsp3) is 0.581. The lowest BCUT2D eigenvalue weighted by molar-refractivity contribution is -0.134. The summed E-state index contributed by atoms with van der Waals surface area (Å²) in [5.41, 5.74) is 3.83. The molecule has 0 saturated carbocycles. The predicted molar refractivity (Wildman–Crippen MR) is 143 cm³/mol. The number of esters is 1. The molecule has 2 aromatic carbocycles. The van der Waals surface area contributed by atoms with E-state index in [2.05, 4.69) is 60.6 Å². The van der Waals surface area contributed by atoms with E-state index in [0.29, 0.717) is 24.3 Å². The molecule has 0 aliphatic heterocycles. The van der Waals surface area contributed by atoms with Gasteiger partial charge in [0.2, 0.25) is 0 Å². The molecule has 3 nitrogen and oxygen atoms in total. The second-order valence-electron chi connectivity index (χ2n) is 11.7. The Morgan fingerprint density at radius 3 is 1.82 bits per heavy atom. The Kier molecular flexibility index (Phi) is 10.2. The normalized spacial score (nSPS) is 12.1. The third-order valence-corrected chi connectivity index (χ3v) is 6.38. The van der Waals surface area contributed by atoms with Crippen molar-refractivity contribution >= 4 is 5.97 Å². The van der Waals surface area contributed by atoms with Crippen molar-refractivity contribution in [1.29, 1.82) is 0 Å². The number of carbonyl (C=O) groups is 1. The molecule has 0 unspecified atom stereocenters. The largest absolute Gasteiger partial charge is 0.507 e. The maximum Gasteiger partial charge on any atom is 0.311 e. The van der Waals surface area contributed by atoms with E-state index in [1.165, 1.54) is 44.1 Å². The quantitative estimate of drug-likeness (QED) is 0.205. The molecular weight excluding hydrogens is 420 g/mol. The minimum Gasteiger partial charge on any atom is -0.507 e. The first-order chi connectivity index (χ1) is 15.9. The van der Waals surface area contributed by atoms with Crippen LogP contribution in [0.15, 0.2) is 36.4 Å². The minimum absolute atomic E-state index is 0.183. The molecular formula is C31H46O3. The lowest BCUT2D eigenvalue weighted by Gasteiger charge is -2.28. The van der Waals surface area contributed by atoms with Gasteiger partial charge in [-0.25, -0.2) is 0 Å². The van der Waals surface area contributed by atoms with Gasteiger partial charge in [0.1, 0.15) is 11.5 Å². The summed E-state index contributed by atoms with van der Waals surface area (Å²) in [4.78, 5) is 12.5. The molecule has 34 heavy (non-hydrogen) atoms. The molecule has 0 heterocycles. The van der Waals surface area contributed by atoms with E-state index in [-0.39, 0.29) is 16.8 Å². The Hall–Kier alpha value is -2.29. The molecule has 0 aliphatic rings. The fourth-order valence-electron chi connectivity index (χ4n) is 4.24. The Balaban J connectivity index is 1.94. The van der Waals surface area contributed by atoms with Gasteiger partial charge < -0.3 is 9.84 Å². The molecule has 2 rings (SSSR count). The third kappa shape index (κ3) is 8.81. The summed E-state index contributed by atoms with van der Waals surface area (Å²) < 4.78 is 5.59. The van der Waals surface area contributed by atoms with Gasteiger partial charge >= 0.3 is 5.97 Å². The average molecular weight is 467 g/mol. The van der Waals surface area contributed by atoms with Gasteiger partial charge in [-0.15, -0.1) is 0 Å². The van der Waals surface area contributed by atoms with Crippen LogP contribution in [0.4, 0.5) is 0 Å². The van der Waals surface area contributed by atoms with Gasteiger partial charge in [-0.2, -0.15) is 0 Å². The highest BCUT2D eigenvalue weighted by Gasteiger charge is 2.26. The summed E-state index contributed by atoms with van der Waals surface area (Å²) in [6.45, 7) is 14.8. The summed E-state index contributed by atoms with van der Waals surface area (Å²) >= 11 is 0. The number of rotatable bonds is 11. The van der Waals surface area contributed by atoms with Crippen LogP contribution in [0.25, 0.3) is 0 Å². The number of phenolic OH excluding ortho intramolecular Hbond substituents is 1. The Morgan fingerprint density at radius 2 is 1.29 bits per heavy atom. The molecule has 0 spiro atoms. The maximum absolute atomic E-state index is 12.5. The van der Waals surface area contributed by atoms with Crippen LogP contribution in [-0.4, -0.2) is 11.1 Å². The fourth-order valence-corrected chi connectivity index (χ4v) is 4.24. The molecule has 0 aliphatic carbocycles. The summed E-state index contributed by atoms with van der Waals surface area (Å²) in [7, 11) is 0. The molecule has 0 radical (unpaired) electrons. The molecule has 0 bridgehead atoms. The Labute approximate surface area is 207 Å². The molecule has 3 heteroatoms. The first-order valence-corrected chi connectivity index (χ1v) is 13.1. The van der Waals surface area contributed by atoms with Gasteiger partial charge in [-0.05, 0) is 64.5 Å². The topological polar surface area (TPSA) is 46.5 Å². The molecule has 0 atom stereocenters. The number of aryl methyl sites for hydroxylation is 2. The van der Waals surface area contributed by atoms with Gasteiger partial charge in [-0.1, -0.05) is 105 Å². The van der Waals surface area contributed by atoms with Gasteiger partial charge in [0.25, 0.3) is 0 Å². The Bertz CT molecular complexity index is 876. The zero-order valence-corrected chi connectivity index (χ0v) is 22.6. The standard InChI is InChI=1S/C31H46O3/c1-8-9-10-11-12-13-14-23-15-18-25(19-16-23)34-28(32)20-17-24-21-26(30(2,3)4)29(33)27(22-24)31(5,6)7/h15-16,18-19,21-22,33H,8-14,17,20H2,1-7H3. The number of hydrogen-bond acceptors (Lipinski definition) is 3. The maximum atomic E-state index is 12.5. The number of carbonyl (C=O) groups excluding carboxylic acids is 1. The van der Waals surface area contributed by atoms with Crippen molar-refractivity contribution in [3.63, 3.8) is 0 Å². The van der Waals surface area contributed by atoms with Crippen molar-refractivity contribution in [2.45, 2.75) is 117 Å². The number of benzene rings is 2. The van der Waals surface area contributed by atoms with Gasteiger partial charge in [0.05, 0.1) is 0 Å². The molecule has 0 amide bonds. The number of hydrogen-bond donors (Lipinski definition) is 1. The summed E-state index contributed by atoms with van der Waals surface area (Å²) in [5.74, 6) is 0.743. The number of unbranched alkanes of at least 4 members (excludes halogenated alkanes) is 5. The van der Waals surface area contributed by atoms with Crippen molar-refractivity contribution in [1.82, 2.24) is 0 Å². The van der Waals surface area contributed by atoms with Crippen LogP contribution < -0.4 is 4.74 Å². The molecule has 0 fully saturated rings. The third-order valence-electron chi connectivity index (χ3n) is 6.38. The van der Waals surface area contributed by atoms with Crippen molar-refractivity contribution in [3.8, 4) is 11.5 Å². The van der Waals surface area contributed by atoms with Crippen LogP contribution in [0.2, 0.25) is 0 Å². The lowest BCUT2D eigenvalue weighted by Crippen LogP contribution is -2.18. The highest BCUT2D eigenvalue weighted by Crippen LogP contribution is 2.40. The van der Waals surface area contributed by atoms with Crippen LogP contribution in [0.5, 0.6) is 11.5 Å². The van der Waals surface area contributed by atoms with Crippen LogP contribution >= 0.6 is 0 Å². The van der Waals surface area contributed by atoms with Crippen LogP contribution in [0, 0.1) is 0 Å². The Morgan fingerprint density at radius 1 is 0.765 bits per heavy atom. The predicted octanol–water partition coefficient (Wildman–Crippen LogP) is 8.43. The second kappa shape index (κ2) is 12.4. The molecule has 0 saturated heterocycles. The van der Waals surface area contributed by atoms with Crippen molar-refractivity contribution in [2.75, 3.05) is 0 Å². The van der Waals surface area contributed by atoms with E-state index >= 15 is 0 Å². The van der Waals surface area contributed by atoms with Gasteiger partial charge in [0.15, 0.2) is 0 Å². The first kappa shape index (κ1) is 28.0. The number of aromatic hydroxyl groups is 1. The van der Waals surface area contributed by atoms with Crippen LogP contribution in [0.3, 0.4) is 0 Å². The highest BCUT2D eigenvalue weighted by atomic mass is 16.5. The molecule has 0 aromatic heterocycles. The van der Waals surface area contributed by atoms with Crippen LogP contribution in [-0.2, 0) is 28.5 Å². The summed E-state index contributed by atoms with van der Waals surface area (Å²) in [5, 5.41) is 10.9. The van der Waals surface area contributed by atoms with E-state index in [1.54, 1.807) is 0 Å². The van der Waals surface area contributed by atoms with Crippen molar-refractivity contribution < 1.29 is 14.6 Å². The number of phenols is 1. The van der Waals surface area contributed by atoms with Gasteiger partial charge in [-0.3, -0.25) is 4.79 Å². The molecule has 2 aromatic rings. The van der Waals surface area contributed by atoms with E-state index in [0.717, 1.165) is 23.1 Å². The van der Waals surface area contributed by atoms with Crippen molar-refractivity contribution in [2.24, 2.45) is 0 Å². The van der Waals surface area contributed by atoms with E-state index in [1.807, 2.05) is 24.3 Å². The second-order valence-corrected chi connectivity index (χ2v) is 11.7. The zero-order chi connectivity index (χ0) is 25.4. The zero-order valence-electron chi connectivity index (χ0n) is 22.6. The minimum atomic E-state index is -0.230. The first-order valence-electron chi connectivity index (χ1n) is 13.1. The van der Waals surface area contributed by atoms with Crippen LogP contribution in [0.1, 0.15) is 116 Å². The SMILES string of the molecule is CCCCCCCCc1ccc(OC(=O)CCc2cc(C(C)(C)C)c(O)c(C(C)(C)C)c2)cc1. The monoisotopic (exact) mass is 466 g/mol. The van der Waals surface area contributed by atoms with Crippen molar-refractivity contribution in [3.05, 3.63) is 58.7 Å².